The lowest BCUT2D eigenvalue weighted by atomic mass is 10.0. The van der Waals surface area contributed by atoms with Crippen molar-refractivity contribution in [2.45, 2.75) is 26.5 Å². The van der Waals surface area contributed by atoms with Crippen LogP contribution in [-0.2, 0) is 16.1 Å². The summed E-state index contributed by atoms with van der Waals surface area (Å²) in [6.45, 7) is 4.43. The van der Waals surface area contributed by atoms with Gasteiger partial charge in [0.15, 0.2) is 0 Å². The third-order valence-electron chi connectivity index (χ3n) is 5.20. The fraction of sp³-hybridized carbons (Fsp3) is 0.148. The molecule has 4 heteroatoms. The van der Waals surface area contributed by atoms with E-state index in [4.69, 9.17) is 4.74 Å². The largest absolute Gasteiger partial charge is 0.458 e. The average Bonchev–Trinajstić information content (AvgIpc) is 3.12. The summed E-state index contributed by atoms with van der Waals surface area (Å²) in [5.74, 6) is -0.688. The summed E-state index contributed by atoms with van der Waals surface area (Å²) in [5.41, 5.74) is 4.76. The molecule has 0 N–H and O–H groups in total. The minimum Gasteiger partial charge on any atom is -0.458 e. The van der Waals surface area contributed by atoms with Gasteiger partial charge < -0.3 is 9.30 Å². The van der Waals surface area contributed by atoms with Gasteiger partial charge in [-0.15, -0.1) is 0 Å². The maximum Gasteiger partial charge on any atom is 0.331 e. The van der Waals surface area contributed by atoms with Crippen LogP contribution in [0.3, 0.4) is 0 Å². The van der Waals surface area contributed by atoms with E-state index in [1.54, 1.807) is 18.2 Å². The van der Waals surface area contributed by atoms with Gasteiger partial charge in [-0.25, -0.2) is 9.18 Å². The fourth-order valence-electron chi connectivity index (χ4n) is 3.85. The second kappa shape index (κ2) is 9.00. The van der Waals surface area contributed by atoms with E-state index in [0.717, 1.165) is 33.3 Å². The molecule has 0 spiro atoms. The van der Waals surface area contributed by atoms with Gasteiger partial charge in [0.05, 0.1) is 5.69 Å². The average molecular weight is 413 g/mol. The van der Waals surface area contributed by atoms with E-state index in [1.165, 1.54) is 18.2 Å². The van der Waals surface area contributed by atoms with Crippen LogP contribution in [0.15, 0.2) is 84.9 Å². The van der Waals surface area contributed by atoms with E-state index in [0.29, 0.717) is 0 Å². The Morgan fingerprint density at radius 1 is 0.968 bits per heavy atom. The molecule has 4 aromatic rings. The molecule has 0 aliphatic rings. The van der Waals surface area contributed by atoms with Gasteiger partial charge in [0.25, 0.3) is 0 Å². The summed E-state index contributed by atoms with van der Waals surface area (Å²) in [6, 6.07) is 24.3. The number of rotatable bonds is 6. The summed E-state index contributed by atoms with van der Waals surface area (Å²) in [4.78, 5) is 12.4. The van der Waals surface area contributed by atoms with Crippen molar-refractivity contribution in [3.05, 3.63) is 102 Å². The molecule has 4 rings (SSSR count). The van der Waals surface area contributed by atoms with Gasteiger partial charge in [0.2, 0.25) is 0 Å². The molecule has 0 radical (unpaired) electrons. The van der Waals surface area contributed by atoms with E-state index < -0.39 is 5.97 Å². The Kier molecular flexibility index (Phi) is 5.99. The third kappa shape index (κ3) is 4.43. The number of nitrogens with zero attached hydrogens (tertiary/aromatic N) is 1. The van der Waals surface area contributed by atoms with Gasteiger partial charge in [-0.2, -0.15) is 0 Å². The van der Waals surface area contributed by atoms with Crippen LogP contribution >= 0.6 is 0 Å². The van der Waals surface area contributed by atoms with Crippen molar-refractivity contribution in [3.8, 4) is 11.1 Å². The lowest BCUT2D eigenvalue weighted by Crippen LogP contribution is -2.04. The summed E-state index contributed by atoms with van der Waals surface area (Å²) in [7, 11) is 0. The zero-order valence-electron chi connectivity index (χ0n) is 17.6. The molecule has 0 fully saturated rings. The SMILES string of the molecule is CC(C)n1c(/C=C/C(=O)OCc2ccccc2)c(-c2ccc(F)cc2)c2ccccc21. The molecular weight excluding hydrogens is 389 g/mol. The highest BCUT2D eigenvalue weighted by Gasteiger charge is 2.18. The zero-order valence-corrected chi connectivity index (χ0v) is 17.6. The first kappa shape index (κ1) is 20.6. The number of aromatic nitrogens is 1. The molecule has 3 aromatic carbocycles. The van der Waals surface area contributed by atoms with Crippen LogP contribution in [0, 0.1) is 5.82 Å². The molecular formula is C27H24FNO2. The first-order valence-corrected chi connectivity index (χ1v) is 10.3. The highest BCUT2D eigenvalue weighted by Crippen LogP contribution is 2.37. The van der Waals surface area contributed by atoms with Crippen LogP contribution < -0.4 is 0 Å². The molecule has 0 amide bonds. The molecule has 0 atom stereocenters. The number of fused-ring (bicyclic) bond motifs is 1. The Morgan fingerprint density at radius 3 is 2.35 bits per heavy atom. The first-order valence-electron chi connectivity index (χ1n) is 10.3. The second-order valence-electron chi connectivity index (χ2n) is 7.67. The van der Waals surface area contributed by atoms with Gasteiger partial charge in [-0.05, 0) is 49.2 Å². The lowest BCUT2D eigenvalue weighted by molar-refractivity contribution is -0.138. The predicted molar refractivity (Wildman–Crippen MR) is 123 cm³/mol. The van der Waals surface area contributed by atoms with Gasteiger partial charge >= 0.3 is 5.97 Å². The number of carbonyl (C=O) groups excluding carboxylic acids is 1. The molecule has 0 saturated carbocycles. The van der Waals surface area contributed by atoms with Crippen LogP contribution in [0.1, 0.15) is 31.1 Å². The first-order chi connectivity index (χ1) is 15.0. The van der Waals surface area contributed by atoms with Gasteiger partial charge in [-0.1, -0.05) is 60.7 Å². The normalized spacial score (nSPS) is 11.5. The van der Waals surface area contributed by atoms with Crippen molar-refractivity contribution in [3.63, 3.8) is 0 Å². The van der Waals surface area contributed by atoms with Crippen LogP contribution in [0.25, 0.3) is 28.1 Å². The van der Waals surface area contributed by atoms with Crippen LogP contribution in [0.4, 0.5) is 4.39 Å². The molecule has 156 valence electrons. The standard InChI is InChI=1S/C27H24FNO2/c1-19(2)29-24-11-7-6-10-23(24)27(21-12-14-22(28)15-13-21)25(29)16-17-26(30)31-18-20-8-4-3-5-9-20/h3-17,19H,18H2,1-2H3/b17-16+. The summed E-state index contributed by atoms with van der Waals surface area (Å²) in [5, 5.41) is 1.06. The summed E-state index contributed by atoms with van der Waals surface area (Å²) < 4.78 is 21.1. The number of hydrogen-bond donors (Lipinski definition) is 0. The predicted octanol–water partition coefficient (Wildman–Crippen LogP) is 6.78. The van der Waals surface area contributed by atoms with E-state index >= 15 is 0 Å². The highest BCUT2D eigenvalue weighted by molar-refractivity contribution is 6.02. The highest BCUT2D eigenvalue weighted by atomic mass is 19.1. The number of hydrogen-bond acceptors (Lipinski definition) is 2. The van der Waals surface area contributed by atoms with E-state index in [-0.39, 0.29) is 18.5 Å². The Balaban J connectivity index is 1.74. The molecule has 0 aliphatic carbocycles. The topological polar surface area (TPSA) is 31.2 Å². The second-order valence-corrected chi connectivity index (χ2v) is 7.67. The minimum absolute atomic E-state index is 0.166. The van der Waals surface area contributed by atoms with E-state index in [2.05, 4.69) is 30.5 Å². The number of esters is 1. The molecule has 0 unspecified atom stereocenters. The van der Waals surface area contributed by atoms with Crippen molar-refractivity contribution < 1.29 is 13.9 Å². The van der Waals surface area contributed by atoms with Gasteiger partial charge in [0, 0.05) is 28.6 Å². The monoisotopic (exact) mass is 413 g/mol. The van der Waals surface area contributed by atoms with Crippen LogP contribution in [0.5, 0.6) is 0 Å². The zero-order chi connectivity index (χ0) is 21.8. The Hall–Kier alpha value is -3.66. The molecule has 31 heavy (non-hydrogen) atoms. The number of benzene rings is 3. The van der Waals surface area contributed by atoms with E-state index in [9.17, 15) is 9.18 Å². The minimum atomic E-state index is -0.408. The Labute approximate surface area is 181 Å². The lowest BCUT2D eigenvalue weighted by Gasteiger charge is -2.13. The maximum atomic E-state index is 13.5. The molecule has 0 saturated heterocycles. The smallest absolute Gasteiger partial charge is 0.331 e. The van der Waals surface area contributed by atoms with Crippen molar-refractivity contribution in [1.29, 1.82) is 0 Å². The van der Waals surface area contributed by atoms with Gasteiger partial charge in [0.1, 0.15) is 12.4 Å². The van der Waals surface area contributed by atoms with Crippen molar-refractivity contribution in [2.75, 3.05) is 0 Å². The Bertz CT molecular complexity index is 1220. The van der Waals surface area contributed by atoms with E-state index in [1.807, 2.05) is 42.5 Å². The Morgan fingerprint density at radius 2 is 1.65 bits per heavy atom. The molecule has 3 nitrogen and oxygen atoms in total. The number of ether oxygens (including phenoxy) is 1. The number of halogens is 1. The molecule has 0 bridgehead atoms. The molecule has 1 heterocycles. The quantitative estimate of drug-likeness (QED) is 0.258. The summed E-state index contributed by atoms with van der Waals surface area (Å²) >= 11 is 0. The molecule has 0 aliphatic heterocycles. The van der Waals surface area contributed by atoms with Crippen LogP contribution in [0.2, 0.25) is 0 Å². The number of carbonyl (C=O) groups is 1. The third-order valence-corrected chi connectivity index (χ3v) is 5.20. The number of para-hydroxylation sites is 1. The van der Waals surface area contributed by atoms with Crippen molar-refractivity contribution in [1.82, 2.24) is 4.57 Å². The van der Waals surface area contributed by atoms with Gasteiger partial charge in [-0.3, -0.25) is 0 Å². The van der Waals surface area contributed by atoms with Crippen molar-refractivity contribution in [2.24, 2.45) is 0 Å². The molecule has 1 aromatic heterocycles. The fourth-order valence-corrected chi connectivity index (χ4v) is 3.85. The van der Waals surface area contributed by atoms with Crippen molar-refractivity contribution >= 4 is 22.9 Å². The maximum absolute atomic E-state index is 13.5. The van der Waals surface area contributed by atoms with Crippen LogP contribution in [-0.4, -0.2) is 10.5 Å². The summed E-state index contributed by atoms with van der Waals surface area (Å²) in [6.07, 6.45) is 3.26.